The quantitative estimate of drug-likeness (QED) is 0.762. The highest BCUT2D eigenvalue weighted by molar-refractivity contribution is 7.90. The average molecular weight is 301 g/mol. The molecular weight excluding hydrogens is 282 g/mol. The monoisotopic (exact) mass is 301 g/mol. The number of benzene rings is 1. The molecule has 0 atom stereocenters. The SMILES string of the molecule is CN(CCOc1ccc(C(=O)O)cc1)CCS(C)(=O)=O. The summed E-state index contributed by atoms with van der Waals surface area (Å²) in [5, 5.41) is 8.75. The van der Waals surface area contributed by atoms with Crippen molar-refractivity contribution in [3.05, 3.63) is 29.8 Å². The molecule has 0 heterocycles. The Labute approximate surface area is 118 Å². The Morgan fingerprint density at radius 2 is 1.85 bits per heavy atom. The Morgan fingerprint density at radius 1 is 1.25 bits per heavy atom. The van der Waals surface area contributed by atoms with E-state index in [1.54, 1.807) is 12.1 Å². The lowest BCUT2D eigenvalue weighted by Crippen LogP contribution is -2.29. The van der Waals surface area contributed by atoms with Crippen molar-refractivity contribution < 1.29 is 23.1 Å². The van der Waals surface area contributed by atoms with Gasteiger partial charge in [-0.1, -0.05) is 0 Å². The van der Waals surface area contributed by atoms with Gasteiger partial charge in [0.25, 0.3) is 0 Å². The second-order valence-corrected chi connectivity index (χ2v) is 6.87. The first-order valence-electron chi connectivity index (χ1n) is 6.10. The summed E-state index contributed by atoms with van der Waals surface area (Å²) in [5.41, 5.74) is 0.211. The van der Waals surface area contributed by atoms with Crippen LogP contribution < -0.4 is 4.74 Å². The number of ether oxygens (including phenoxy) is 1. The van der Waals surface area contributed by atoms with Crippen LogP contribution in [0.5, 0.6) is 5.75 Å². The maximum absolute atomic E-state index is 11.0. The van der Waals surface area contributed by atoms with Crippen molar-refractivity contribution in [2.24, 2.45) is 0 Å². The first kappa shape index (κ1) is 16.5. The van der Waals surface area contributed by atoms with Crippen LogP contribution >= 0.6 is 0 Å². The van der Waals surface area contributed by atoms with Crippen molar-refractivity contribution in [1.29, 1.82) is 0 Å². The van der Waals surface area contributed by atoms with Crippen LogP contribution in [0.2, 0.25) is 0 Å². The normalized spacial score (nSPS) is 11.6. The molecule has 0 aliphatic heterocycles. The fourth-order valence-corrected chi connectivity index (χ4v) is 2.09. The van der Waals surface area contributed by atoms with Crippen LogP contribution in [0.3, 0.4) is 0 Å². The van der Waals surface area contributed by atoms with Gasteiger partial charge in [0.05, 0.1) is 11.3 Å². The van der Waals surface area contributed by atoms with Crippen LogP contribution in [-0.4, -0.2) is 63.1 Å². The smallest absolute Gasteiger partial charge is 0.335 e. The summed E-state index contributed by atoms with van der Waals surface area (Å²) in [4.78, 5) is 12.5. The highest BCUT2D eigenvalue weighted by Crippen LogP contribution is 2.12. The lowest BCUT2D eigenvalue weighted by atomic mass is 10.2. The molecule has 1 N–H and O–H groups in total. The van der Waals surface area contributed by atoms with E-state index in [2.05, 4.69) is 0 Å². The molecule has 112 valence electrons. The molecule has 0 radical (unpaired) electrons. The van der Waals surface area contributed by atoms with Crippen LogP contribution in [-0.2, 0) is 9.84 Å². The van der Waals surface area contributed by atoms with Crippen molar-refractivity contribution in [2.75, 3.05) is 38.8 Å². The van der Waals surface area contributed by atoms with Crippen molar-refractivity contribution >= 4 is 15.8 Å². The number of aromatic carboxylic acids is 1. The van der Waals surface area contributed by atoms with Gasteiger partial charge in [0.1, 0.15) is 22.2 Å². The maximum Gasteiger partial charge on any atom is 0.335 e. The van der Waals surface area contributed by atoms with Gasteiger partial charge in [-0.3, -0.25) is 0 Å². The molecule has 0 aliphatic rings. The summed E-state index contributed by atoms with van der Waals surface area (Å²) in [6.45, 7) is 1.46. The third-order valence-electron chi connectivity index (χ3n) is 2.69. The van der Waals surface area contributed by atoms with E-state index in [4.69, 9.17) is 9.84 Å². The third kappa shape index (κ3) is 6.53. The molecule has 0 saturated carbocycles. The van der Waals surface area contributed by atoms with Crippen LogP contribution in [0.1, 0.15) is 10.4 Å². The average Bonchev–Trinajstić information content (AvgIpc) is 2.36. The van der Waals surface area contributed by atoms with Crippen molar-refractivity contribution in [3.8, 4) is 5.75 Å². The highest BCUT2D eigenvalue weighted by atomic mass is 32.2. The van der Waals surface area contributed by atoms with Gasteiger partial charge >= 0.3 is 5.97 Å². The summed E-state index contributed by atoms with van der Waals surface area (Å²) in [6.07, 6.45) is 1.21. The van der Waals surface area contributed by atoms with Crippen LogP contribution in [0.15, 0.2) is 24.3 Å². The van der Waals surface area contributed by atoms with E-state index in [1.807, 2.05) is 11.9 Å². The minimum atomic E-state index is -2.95. The van der Waals surface area contributed by atoms with Gasteiger partial charge in [0.2, 0.25) is 0 Å². The van der Waals surface area contributed by atoms with Crippen molar-refractivity contribution in [3.63, 3.8) is 0 Å². The zero-order valence-electron chi connectivity index (χ0n) is 11.6. The van der Waals surface area contributed by atoms with Gasteiger partial charge in [0.15, 0.2) is 0 Å². The standard InChI is InChI=1S/C13H19NO5S/c1-14(8-10-20(2,17)18)7-9-19-12-5-3-11(4-6-12)13(15)16/h3-6H,7-10H2,1-2H3,(H,15,16). The molecule has 0 bridgehead atoms. The Morgan fingerprint density at radius 3 is 2.35 bits per heavy atom. The molecule has 0 unspecified atom stereocenters. The molecule has 1 rings (SSSR count). The fourth-order valence-electron chi connectivity index (χ4n) is 1.45. The lowest BCUT2D eigenvalue weighted by Gasteiger charge is -2.16. The number of likely N-dealkylation sites (N-methyl/N-ethyl adjacent to an activating group) is 1. The molecule has 0 amide bonds. The summed E-state index contributed by atoms with van der Waals surface area (Å²) in [6, 6.07) is 6.15. The van der Waals surface area contributed by atoms with Gasteiger partial charge in [-0.15, -0.1) is 0 Å². The zero-order chi connectivity index (χ0) is 15.2. The molecule has 20 heavy (non-hydrogen) atoms. The molecule has 7 heteroatoms. The summed E-state index contributed by atoms with van der Waals surface area (Å²) < 4.78 is 27.5. The van der Waals surface area contributed by atoms with Crippen molar-refractivity contribution in [2.45, 2.75) is 0 Å². The second kappa shape index (κ2) is 7.25. The van der Waals surface area contributed by atoms with Gasteiger partial charge < -0.3 is 14.7 Å². The molecule has 0 aromatic heterocycles. The molecule has 0 aliphatic carbocycles. The number of carboxylic acid groups (broad SMARTS) is 1. The molecule has 0 spiro atoms. The zero-order valence-corrected chi connectivity index (χ0v) is 12.4. The number of carboxylic acids is 1. The summed E-state index contributed by atoms with van der Waals surface area (Å²) in [5.74, 6) is -0.264. The van der Waals surface area contributed by atoms with E-state index in [0.29, 0.717) is 25.4 Å². The van der Waals surface area contributed by atoms with Gasteiger partial charge in [-0.2, -0.15) is 0 Å². The van der Waals surface area contributed by atoms with E-state index in [0.717, 1.165) is 0 Å². The maximum atomic E-state index is 11.0. The summed E-state index contributed by atoms with van der Waals surface area (Å²) in [7, 11) is -1.13. The number of hydrogen-bond donors (Lipinski definition) is 1. The number of carbonyl (C=O) groups is 1. The van der Waals surface area contributed by atoms with Gasteiger partial charge in [-0.05, 0) is 31.3 Å². The Hall–Kier alpha value is -1.60. The number of sulfone groups is 1. The van der Waals surface area contributed by atoms with Crippen LogP contribution in [0.4, 0.5) is 0 Å². The largest absolute Gasteiger partial charge is 0.492 e. The number of rotatable bonds is 8. The number of nitrogens with zero attached hydrogens (tertiary/aromatic N) is 1. The Kier molecular flexibility index (Phi) is 5.97. The Balaban J connectivity index is 2.31. The van der Waals surface area contributed by atoms with E-state index >= 15 is 0 Å². The molecule has 1 aromatic carbocycles. The van der Waals surface area contributed by atoms with E-state index in [-0.39, 0.29) is 11.3 Å². The second-order valence-electron chi connectivity index (χ2n) is 4.61. The summed E-state index contributed by atoms with van der Waals surface area (Å²) >= 11 is 0. The fraction of sp³-hybridized carbons (Fsp3) is 0.462. The first-order chi connectivity index (χ1) is 9.28. The molecule has 0 saturated heterocycles. The molecule has 6 nitrogen and oxygen atoms in total. The highest BCUT2D eigenvalue weighted by Gasteiger charge is 2.06. The lowest BCUT2D eigenvalue weighted by molar-refractivity contribution is 0.0697. The third-order valence-corrected chi connectivity index (χ3v) is 3.61. The van der Waals surface area contributed by atoms with Gasteiger partial charge in [-0.25, -0.2) is 13.2 Å². The number of hydrogen-bond acceptors (Lipinski definition) is 5. The topological polar surface area (TPSA) is 83.9 Å². The van der Waals surface area contributed by atoms with E-state index in [9.17, 15) is 13.2 Å². The minimum Gasteiger partial charge on any atom is -0.492 e. The van der Waals surface area contributed by atoms with Crippen LogP contribution in [0, 0.1) is 0 Å². The van der Waals surface area contributed by atoms with Crippen molar-refractivity contribution in [1.82, 2.24) is 4.90 Å². The Bertz CT molecular complexity index is 538. The minimum absolute atomic E-state index is 0.122. The predicted octanol–water partition coefficient (Wildman–Crippen LogP) is 0.740. The van der Waals surface area contributed by atoms with E-state index < -0.39 is 15.8 Å². The van der Waals surface area contributed by atoms with Gasteiger partial charge in [0, 0.05) is 19.3 Å². The molecular formula is C13H19NO5S. The predicted molar refractivity (Wildman–Crippen MR) is 76.1 cm³/mol. The van der Waals surface area contributed by atoms with Crippen LogP contribution in [0.25, 0.3) is 0 Å². The first-order valence-corrected chi connectivity index (χ1v) is 8.16. The van der Waals surface area contributed by atoms with E-state index in [1.165, 1.54) is 18.4 Å². The molecule has 0 fully saturated rings. The molecule has 1 aromatic rings.